The van der Waals surface area contributed by atoms with Crippen molar-refractivity contribution in [3.63, 3.8) is 0 Å². The molecule has 0 bridgehead atoms. The van der Waals surface area contributed by atoms with Gasteiger partial charge in [-0.1, -0.05) is 22.9 Å². The van der Waals surface area contributed by atoms with Crippen LogP contribution in [0.4, 0.5) is 0 Å². The summed E-state index contributed by atoms with van der Waals surface area (Å²) in [5.41, 5.74) is 0. The van der Waals surface area contributed by atoms with E-state index in [9.17, 15) is 0 Å². The third kappa shape index (κ3) is 4.77. The van der Waals surface area contributed by atoms with E-state index in [0.29, 0.717) is 10.7 Å². The quantitative estimate of drug-likeness (QED) is 0.511. The molecular formula is C3H6BrCl. The second kappa shape index (κ2) is 2.98. The summed E-state index contributed by atoms with van der Waals surface area (Å²) in [6.07, 6.45) is 0. The van der Waals surface area contributed by atoms with Crippen molar-refractivity contribution < 1.29 is 0 Å². The summed E-state index contributed by atoms with van der Waals surface area (Å²) >= 11 is 8.53. The Bertz CT molecular complexity index is 20.9. The minimum Gasteiger partial charge on any atom is -0.126 e. The van der Waals surface area contributed by atoms with Gasteiger partial charge in [-0.05, 0) is 0 Å². The second-order valence-corrected chi connectivity index (χ2v) is 2.81. The summed E-state index contributed by atoms with van der Waals surface area (Å²) < 4.78 is 0. The van der Waals surface area contributed by atoms with Gasteiger partial charge in [-0.3, -0.25) is 0 Å². The maximum absolute atomic E-state index is 5.29. The van der Waals surface area contributed by atoms with Crippen molar-refractivity contribution in [2.45, 2.75) is 11.8 Å². The number of hydrogen-bond donors (Lipinski definition) is 0. The van der Waals surface area contributed by atoms with Crippen molar-refractivity contribution in [2.75, 3.05) is 5.88 Å². The normalized spacial score (nSPS) is 15.0. The third-order valence-corrected chi connectivity index (χ3v) is 1.37. The highest BCUT2D eigenvalue weighted by atomic mass is 79.9. The fourth-order valence-electron chi connectivity index (χ4n) is 0. The van der Waals surface area contributed by atoms with Crippen molar-refractivity contribution in [1.82, 2.24) is 0 Å². The molecule has 5 heavy (non-hydrogen) atoms. The maximum Gasteiger partial charge on any atom is 0.0346 e. The van der Waals surface area contributed by atoms with Crippen molar-refractivity contribution in [3.8, 4) is 0 Å². The van der Waals surface area contributed by atoms with Crippen molar-refractivity contribution in [2.24, 2.45) is 0 Å². The van der Waals surface area contributed by atoms with Gasteiger partial charge in [-0.2, -0.15) is 0 Å². The van der Waals surface area contributed by atoms with Crippen LogP contribution in [0.3, 0.4) is 0 Å². The van der Waals surface area contributed by atoms with E-state index >= 15 is 0 Å². The number of alkyl halides is 2. The first-order valence-corrected chi connectivity index (χ1v) is 2.92. The second-order valence-electron chi connectivity index (χ2n) is 0.935. The van der Waals surface area contributed by atoms with Gasteiger partial charge < -0.3 is 0 Å². The number of halogens is 2. The summed E-state index contributed by atoms with van der Waals surface area (Å²) in [6, 6.07) is 0. The van der Waals surface area contributed by atoms with E-state index in [4.69, 9.17) is 11.6 Å². The molecule has 0 N–H and O–H groups in total. The van der Waals surface area contributed by atoms with E-state index in [1.165, 1.54) is 0 Å². The Morgan fingerprint density at radius 1 is 2.00 bits per heavy atom. The molecule has 0 aromatic rings. The average molecular weight is 157 g/mol. The van der Waals surface area contributed by atoms with E-state index < -0.39 is 0 Å². The van der Waals surface area contributed by atoms with Crippen LogP contribution < -0.4 is 0 Å². The van der Waals surface area contributed by atoms with Crippen LogP contribution in [0.15, 0.2) is 0 Å². The molecule has 0 nitrogen and oxygen atoms in total. The van der Waals surface area contributed by atoms with Gasteiger partial charge in [0.15, 0.2) is 0 Å². The zero-order chi connectivity index (χ0) is 4.28. The van der Waals surface area contributed by atoms with E-state index in [-0.39, 0.29) is 0 Å². The Morgan fingerprint density at radius 3 is 2.20 bits per heavy atom. The standard InChI is InChI=1S/C3H6BrCl/c1-3(4)2-5/h3H,2H2,1H3. The Hall–Kier alpha value is 0.770. The highest BCUT2D eigenvalue weighted by molar-refractivity contribution is 9.09. The molecule has 32 valence electrons. The molecule has 0 saturated carbocycles. The van der Waals surface area contributed by atoms with Crippen LogP contribution in [-0.2, 0) is 0 Å². The van der Waals surface area contributed by atoms with Gasteiger partial charge in [-0.15, -0.1) is 11.6 Å². The molecule has 0 aliphatic heterocycles. The van der Waals surface area contributed by atoms with Crippen LogP contribution in [0.5, 0.6) is 0 Å². The smallest absolute Gasteiger partial charge is 0.0346 e. The zero-order valence-corrected chi connectivity index (χ0v) is 5.38. The molecule has 0 spiro atoms. The zero-order valence-electron chi connectivity index (χ0n) is 3.04. The van der Waals surface area contributed by atoms with Gasteiger partial charge in [-0.25, -0.2) is 0 Å². The molecule has 0 aliphatic rings. The van der Waals surface area contributed by atoms with Crippen LogP contribution in [0.1, 0.15) is 6.92 Å². The predicted octanol–water partition coefficient (Wildman–Crippen LogP) is 2.01. The van der Waals surface area contributed by atoms with Crippen molar-refractivity contribution >= 4 is 27.5 Å². The third-order valence-electron chi connectivity index (χ3n) is 0.213. The summed E-state index contributed by atoms with van der Waals surface area (Å²) in [5.74, 6) is 0.694. The molecule has 0 aliphatic carbocycles. The molecule has 0 rings (SSSR count). The average Bonchev–Trinajstić information content (AvgIpc) is 1.38. The monoisotopic (exact) mass is 156 g/mol. The highest BCUT2D eigenvalue weighted by Crippen LogP contribution is 1.97. The van der Waals surface area contributed by atoms with Gasteiger partial charge in [0.25, 0.3) is 0 Å². The molecule has 0 aromatic heterocycles. The topological polar surface area (TPSA) is 0 Å². The Kier molecular flexibility index (Phi) is 3.44. The van der Waals surface area contributed by atoms with Crippen LogP contribution in [-0.4, -0.2) is 10.7 Å². The van der Waals surface area contributed by atoms with Gasteiger partial charge in [0.2, 0.25) is 0 Å². The first-order valence-electron chi connectivity index (χ1n) is 1.47. The molecule has 0 heterocycles. The fourth-order valence-corrected chi connectivity index (χ4v) is 0. The van der Waals surface area contributed by atoms with Gasteiger partial charge in [0, 0.05) is 10.7 Å². The largest absolute Gasteiger partial charge is 0.126 e. The Labute approximate surface area is 45.6 Å². The van der Waals surface area contributed by atoms with Crippen molar-refractivity contribution in [3.05, 3.63) is 0 Å². The number of rotatable bonds is 1. The van der Waals surface area contributed by atoms with Crippen LogP contribution in [0, 0.1) is 0 Å². The lowest BCUT2D eigenvalue weighted by Crippen LogP contribution is -1.86. The van der Waals surface area contributed by atoms with Gasteiger partial charge in [0.05, 0.1) is 0 Å². The van der Waals surface area contributed by atoms with E-state index in [1.54, 1.807) is 0 Å². The molecule has 0 radical (unpaired) electrons. The predicted molar refractivity (Wildman–Crippen MR) is 29.1 cm³/mol. The minimum absolute atomic E-state index is 0.462. The minimum atomic E-state index is 0.462. The summed E-state index contributed by atoms with van der Waals surface area (Å²) in [4.78, 5) is 0.462. The molecule has 0 amide bonds. The Morgan fingerprint density at radius 2 is 2.20 bits per heavy atom. The summed E-state index contributed by atoms with van der Waals surface area (Å²) in [6.45, 7) is 2.01. The molecule has 1 unspecified atom stereocenters. The van der Waals surface area contributed by atoms with Crippen LogP contribution >= 0.6 is 27.5 Å². The lowest BCUT2D eigenvalue weighted by atomic mass is 10.6. The molecule has 1 atom stereocenters. The first kappa shape index (κ1) is 5.77. The SMILES string of the molecule is CC(Br)CCl. The summed E-state index contributed by atoms with van der Waals surface area (Å²) in [5, 5.41) is 0. The first-order chi connectivity index (χ1) is 2.27. The van der Waals surface area contributed by atoms with Crippen LogP contribution in [0.2, 0.25) is 0 Å². The molecule has 2 heteroatoms. The molecule has 0 aromatic carbocycles. The molecule has 0 saturated heterocycles. The molecular weight excluding hydrogens is 151 g/mol. The summed E-state index contributed by atoms with van der Waals surface area (Å²) in [7, 11) is 0. The lowest BCUT2D eigenvalue weighted by molar-refractivity contribution is 1.15. The molecule has 0 fully saturated rings. The Balaban J connectivity index is 2.54. The van der Waals surface area contributed by atoms with Gasteiger partial charge >= 0.3 is 0 Å². The van der Waals surface area contributed by atoms with Gasteiger partial charge in [0.1, 0.15) is 0 Å². The van der Waals surface area contributed by atoms with Crippen LogP contribution in [0.25, 0.3) is 0 Å². The maximum atomic E-state index is 5.29. The number of hydrogen-bond acceptors (Lipinski definition) is 0. The van der Waals surface area contributed by atoms with E-state index in [0.717, 1.165) is 0 Å². The lowest BCUT2D eigenvalue weighted by Gasteiger charge is -1.86. The fraction of sp³-hybridized carbons (Fsp3) is 1.00. The highest BCUT2D eigenvalue weighted by Gasteiger charge is 1.84. The van der Waals surface area contributed by atoms with Crippen molar-refractivity contribution in [1.29, 1.82) is 0 Å². The van der Waals surface area contributed by atoms with E-state index in [2.05, 4.69) is 15.9 Å². The van der Waals surface area contributed by atoms with E-state index in [1.807, 2.05) is 6.92 Å².